The molecule has 0 saturated carbocycles. The van der Waals surface area contributed by atoms with E-state index in [-0.39, 0.29) is 10.8 Å². The zero-order chi connectivity index (χ0) is 33.8. The van der Waals surface area contributed by atoms with Gasteiger partial charge in [0, 0.05) is 32.9 Å². The van der Waals surface area contributed by atoms with Gasteiger partial charge in [-0.2, -0.15) is 0 Å². The third kappa shape index (κ3) is 4.27. The summed E-state index contributed by atoms with van der Waals surface area (Å²) in [7, 11) is 0. The van der Waals surface area contributed by atoms with E-state index in [1.165, 1.54) is 101 Å². The number of hydrogen-bond donors (Lipinski definition) is 0. The number of hydrogen-bond acceptors (Lipinski definition) is 0. The Balaban J connectivity index is 1.29. The second-order valence-electron chi connectivity index (χ2n) is 15.7. The molecule has 0 radical (unpaired) electrons. The molecule has 0 amide bonds. The molecule has 0 aliphatic heterocycles. The fraction of sp³-hybridized carbons (Fsp3) is 0.167. The summed E-state index contributed by atoms with van der Waals surface area (Å²) in [6.07, 6.45) is 2.39. The molecule has 0 bridgehead atoms. The summed E-state index contributed by atoms with van der Waals surface area (Å²) < 4.78 is 4.99. The molecular weight excluding hydrogens is 605 g/mol. The van der Waals surface area contributed by atoms with E-state index < -0.39 is 0 Å². The molecule has 1 aliphatic carbocycles. The van der Waals surface area contributed by atoms with Crippen LogP contribution in [0.2, 0.25) is 0 Å². The van der Waals surface area contributed by atoms with Gasteiger partial charge in [0.1, 0.15) is 0 Å². The highest BCUT2D eigenvalue weighted by molar-refractivity contribution is 6.19. The first-order chi connectivity index (χ1) is 24.3. The highest BCUT2D eigenvalue weighted by Crippen LogP contribution is 2.49. The van der Waals surface area contributed by atoms with Crippen molar-refractivity contribution in [3.8, 4) is 22.5 Å². The van der Waals surface area contributed by atoms with Gasteiger partial charge in [0.25, 0.3) is 0 Å². The van der Waals surface area contributed by atoms with Gasteiger partial charge >= 0.3 is 0 Å². The lowest BCUT2D eigenvalue weighted by Crippen LogP contribution is -2.33. The van der Waals surface area contributed by atoms with Crippen molar-refractivity contribution >= 4 is 54.4 Å². The van der Waals surface area contributed by atoms with Crippen LogP contribution in [-0.2, 0) is 10.8 Å². The zero-order valence-corrected chi connectivity index (χ0v) is 29.2. The Morgan fingerprint density at radius 3 is 1.72 bits per heavy atom. The number of para-hydroxylation sites is 2. The molecule has 1 aliphatic rings. The van der Waals surface area contributed by atoms with Crippen molar-refractivity contribution in [2.24, 2.45) is 0 Å². The van der Waals surface area contributed by atoms with Crippen LogP contribution in [0.3, 0.4) is 0 Å². The lowest BCUT2D eigenvalue weighted by molar-refractivity contribution is 0.332. The average Bonchev–Trinajstić information content (AvgIpc) is 3.64. The van der Waals surface area contributed by atoms with Gasteiger partial charge in [-0.1, -0.05) is 113 Å². The Hall–Kier alpha value is -5.60. The van der Waals surface area contributed by atoms with Crippen LogP contribution in [0.4, 0.5) is 0 Å². The maximum absolute atomic E-state index is 2.55. The molecule has 242 valence electrons. The number of rotatable bonds is 3. The third-order valence-electron chi connectivity index (χ3n) is 11.7. The Labute approximate surface area is 293 Å². The molecule has 0 spiro atoms. The fourth-order valence-corrected chi connectivity index (χ4v) is 8.86. The number of nitrogens with zero attached hydrogens (tertiary/aromatic N) is 2. The van der Waals surface area contributed by atoms with Gasteiger partial charge in [0.05, 0.1) is 22.1 Å². The van der Waals surface area contributed by atoms with Crippen molar-refractivity contribution in [3.05, 3.63) is 157 Å². The minimum Gasteiger partial charge on any atom is -0.309 e. The van der Waals surface area contributed by atoms with Crippen molar-refractivity contribution in [1.29, 1.82) is 0 Å². The van der Waals surface area contributed by atoms with Crippen LogP contribution in [0.25, 0.3) is 76.9 Å². The second kappa shape index (κ2) is 10.5. The first kappa shape index (κ1) is 29.3. The lowest BCUT2D eigenvalue weighted by atomic mass is 9.63. The maximum atomic E-state index is 2.55. The van der Waals surface area contributed by atoms with E-state index in [0.29, 0.717) is 0 Å². The van der Waals surface area contributed by atoms with Crippen LogP contribution < -0.4 is 0 Å². The molecule has 2 aromatic heterocycles. The minimum atomic E-state index is 0.127. The van der Waals surface area contributed by atoms with Crippen molar-refractivity contribution in [2.75, 3.05) is 0 Å². The molecule has 0 atom stereocenters. The Morgan fingerprint density at radius 1 is 0.380 bits per heavy atom. The predicted molar refractivity (Wildman–Crippen MR) is 213 cm³/mol. The molecule has 0 unspecified atom stereocenters. The number of fused-ring (bicyclic) bond motifs is 8. The Kier molecular flexibility index (Phi) is 6.13. The summed E-state index contributed by atoms with van der Waals surface area (Å²) in [4.78, 5) is 0. The average molecular weight is 645 g/mol. The standard InChI is InChI=1S/C48H40N2/c1-47(2)23-24-48(3,4)42-30-46-38(27-41(42)47)40-29-44-39(28-45(40)49(46)35-16-6-5-7-17-35)37-19-10-11-20-43(37)50(44)36-18-12-15-33(26-36)34-22-21-31-13-8-9-14-32(31)25-34/h5-22,25-30H,23-24H2,1-4H3. The molecule has 0 saturated heterocycles. The maximum Gasteiger partial charge on any atom is 0.0548 e. The predicted octanol–water partition coefficient (Wildman–Crippen LogP) is 13.0. The molecule has 2 nitrogen and oxygen atoms in total. The lowest BCUT2D eigenvalue weighted by Gasteiger charge is -2.42. The molecule has 2 heterocycles. The van der Waals surface area contributed by atoms with Gasteiger partial charge in [0.15, 0.2) is 0 Å². The molecule has 10 rings (SSSR count). The fourth-order valence-electron chi connectivity index (χ4n) is 8.86. The molecule has 0 fully saturated rings. The summed E-state index contributed by atoms with van der Waals surface area (Å²) in [5.74, 6) is 0. The van der Waals surface area contributed by atoms with Gasteiger partial charge in [0.2, 0.25) is 0 Å². The SMILES string of the molecule is CC1(C)CCC(C)(C)c2cc3c(cc21)c1cc2c(cc1n3-c1ccccc1)c1ccccc1n2-c1cccc(-c2ccc3ccccc3c2)c1. The molecule has 9 aromatic rings. The highest BCUT2D eigenvalue weighted by Gasteiger charge is 2.38. The van der Waals surface area contributed by atoms with Gasteiger partial charge < -0.3 is 9.13 Å². The first-order valence-electron chi connectivity index (χ1n) is 18.0. The second-order valence-corrected chi connectivity index (χ2v) is 15.7. The number of benzene rings is 7. The van der Waals surface area contributed by atoms with Gasteiger partial charge in [-0.25, -0.2) is 0 Å². The van der Waals surface area contributed by atoms with E-state index in [1.807, 2.05) is 0 Å². The van der Waals surface area contributed by atoms with Gasteiger partial charge in [-0.3, -0.25) is 0 Å². The summed E-state index contributed by atoms with van der Waals surface area (Å²) in [6.45, 7) is 9.72. The minimum absolute atomic E-state index is 0.127. The summed E-state index contributed by atoms with van der Waals surface area (Å²) in [5, 5.41) is 7.70. The van der Waals surface area contributed by atoms with Crippen LogP contribution in [-0.4, -0.2) is 9.13 Å². The monoisotopic (exact) mass is 644 g/mol. The molecule has 0 N–H and O–H groups in total. The van der Waals surface area contributed by atoms with E-state index in [4.69, 9.17) is 0 Å². The quantitative estimate of drug-likeness (QED) is 0.181. The van der Waals surface area contributed by atoms with E-state index in [2.05, 4.69) is 182 Å². The highest BCUT2D eigenvalue weighted by atomic mass is 15.0. The molecule has 2 heteroatoms. The van der Waals surface area contributed by atoms with Crippen LogP contribution in [0.15, 0.2) is 146 Å². The molecule has 7 aromatic carbocycles. The molecule has 50 heavy (non-hydrogen) atoms. The van der Waals surface area contributed by atoms with Gasteiger partial charge in [-0.05, 0) is 117 Å². The van der Waals surface area contributed by atoms with E-state index in [1.54, 1.807) is 0 Å². The summed E-state index contributed by atoms with van der Waals surface area (Å²) >= 11 is 0. The Bertz CT molecular complexity index is 2810. The number of aromatic nitrogens is 2. The smallest absolute Gasteiger partial charge is 0.0548 e. The van der Waals surface area contributed by atoms with E-state index in [9.17, 15) is 0 Å². The largest absolute Gasteiger partial charge is 0.309 e. The zero-order valence-electron chi connectivity index (χ0n) is 29.2. The summed E-state index contributed by atoms with van der Waals surface area (Å²) in [6, 6.07) is 54.3. The van der Waals surface area contributed by atoms with Crippen LogP contribution in [0, 0.1) is 0 Å². The summed E-state index contributed by atoms with van der Waals surface area (Å²) in [5.41, 5.74) is 13.1. The first-order valence-corrected chi connectivity index (χ1v) is 18.0. The van der Waals surface area contributed by atoms with Crippen molar-refractivity contribution < 1.29 is 0 Å². The van der Waals surface area contributed by atoms with Crippen LogP contribution in [0.1, 0.15) is 51.7 Å². The van der Waals surface area contributed by atoms with Crippen molar-refractivity contribution in [1.82, 2.24) is 9.13 Å². The van der Waals surface area contributed by atoms with Crippen LogP contribution >= 0.6 is 0 Å². The third-order valence-corrected chi connectivity index (χ3v) is 11.7. The van der Waals surface area contributed by atoms with Crippen molar-refractivity contribution in [2.45, 2.75) is 51.4 Å². The van der Waals surface area contributed by atoms with E-state index in [0.717, 1.165) is 0 Å². The Morgan fingerprint density at radius 2 is 0.940 bits per heavy atom. The van der Waals surface area contributed by atoms with Gasteiger partial charge in [-0.15, -0.1) is 0 Å². The topological polar surface area (TPSA) is 9.86 Å². The van der Waals surface area contributed by atoms with E-state index >= 15 is 0 Å². The normalized spacial score (nSPS) is 15.4. The van der Waals surface area contributed by atoms with Crippen molar-refractivity contribution in [3.63, 3.8) is 0 Å². The van der Waals surface area contributed by atoms with Crippen LogP contribution in [0.5, 0.6) is 0 Å². The molecular formula is C48H40N2.